The summed E-state index contributed by atoms with van der Waals surface area (Å²) in [4.78, 5) is 0. The molecule has 0 spiro atoms. The first-order valence-corrected chi connectivity index (χ1v) is 21.0. The number of hydrogen-bond donors (Lipinski definition) is 0. The van der Waals surface area contributed by atoms with Crippen LogP contribution in [0.5, 0.6) is 0 Å². The molecule has 278 valence electrons. The molecule has 2 unspecified atom stereocenters. The Morgan fingerprint density at radius 2 is 1.05 bits per heavy atom. The molecule has 1 heterocycles. The third-order valence-electron chi connectivity index (χ3n) is 12.5. The molecular formula is C56H49N. The maximum absolute atomic E-state index is 2.73. The van der Waals surface area contributed by atoms with Crippen LogP contribution in [0.4, 0.5) is 0 Å². The van der Waals surface area contributed by atoms with Gasteiger partial charge in [0.1, 0.15) is 0 Å². The number of hydrogen-bond acceptors (Lipinski definition) is 0. The molecule has 3 aliphatic rings. The van der Waals surface area contributed by atoms with Crippen LogP contribution in [-0.2, 0) is 25.7 Å². The van der Waals surface area contributed by atoms with E-state index in [-0.39, 0.29) is 5.92 Å². The van der Waals surface area contributed by atoms with Crippen LogP contribution >= 0.6 is 0 Å². The second kappa shape index (κ2) is 15.4. The third kappa shape index (κ3) is 7.08. The molecule has 1 nitrogen and oxygen atoms in total. The van der Waals surface area contributed by atoms with Crippen molar-refractivity contribution >= 4 is 11.1 Å². The fourth-order valence-electron chi connectivity index (χ4n) is 9.71. The predicted octanol–water partition coefficient (Wildman–Crippen LogP) is 14.3. The Morgan fingerprint density at radius 1 is 0.491 bits per heavy atom. The molecule has 0 aliphatic heterocycles. The van der Waals surface area contributed by atoms with Gasteiger partial charge in [-0.25, -0.2) is 0 Å². The van der Waals surface area contributed by atoms with E-state index in [0.717, 1.165) is 25.7 Å². The van der Waals surface area contributed by atoms with E-state index in [4.69, 9.17) is 0 Å². The summed E-state index contributed by atoms with van der Waals surface area (Å²) < 4.78 is 2.73. The normalized spacial score (nSPS) is 17.6. The summed E-state index contributed by atoms with van der Waals surface area (Å²) in [5.74, 6) is 0.712. The first-order chi connectivity index (χ1) is 28.1. The molecule has 7 aromatic rings. The van der Waals surface area contributed by atoms with Gasteiger partial charge in [-0.3, -0.25) is 0 Å². The first-order valence-electron chi connectivity index (χ1n) is 21.0. The second-order valence-corrected chi connectivity index (χ2v) is 16.4. The first kappa shape index (κ1) is 35.2. The van der Waals surface area contributed by atoms with Crippen molar-refractivity contribution in [3.8, 4) is 39.1 Å². The van der Waals surface area contributed by atoms with Crippen molar-refractivity contribution in [3.05, 3.63) is 221 Å². The molecule has 57 heavy (non-hydrogen) atoms. The van der Waals surface area contributed by atoms with Gasteiger partial charge in [-0.05, 0) is 154 Å². The third-order valence-corrected chi connectivity index (χ3v) is 12.5. The predicted molar refractivity (Wildman–Crippen MR) is 241 cm³/mol. The SMILES string of the molecule is CC1C=CCc2c3c(n(-c4cc(-c5cc(-c6ccccc6)cc(-c6ccccc6)c5)cc(C5C=C(c6ccccc6)C=C(c6ccccc6)C5)c4)c2C1)CCCC3. The van der Waals surface area contributed by atoms with Crippen molar-refractivity contribution < 1.29 is 0 Å². The largest absolute Gasteiger partial charge is 0.317 e. The van der Waals surface area contributed by atoms with E-state index in [0.29, 0.717) is 5.92 Å². The van der Waals surface area contributed by atoms with Crippen molar-refractivity contribution in [1.29, 1.82) is 0 Å². The average Bonchev–Trinajstić information content (AvgIpc) is 3.45. The average molecular weight is 736 g/mol. The highest BCUT2D eigenvalue weighted by atomic mass is 15.0. The molecule has 0 N–H and O–H groups in total. The highest BCUT2D eigenvalue weighted by Gasteiger charge is 2.28. The molecule has 0 bridgehead atoms. The highest BCUT2D eigenvalue weighted by Crippen LogP contribution is 2.43. The minimum atomic E-state index is 0.204. The van der Waals surface area contributed by atoms with E-state index >= 15 is 0 Å². The number of aromatic nitrogens is 1. The number of fused-ring (bicyclic) bond motifs is 3. The van der Waals surface area contributed by atoms with Crippen molar-refractivity contribution in [2.75, 3.05) is 0 Å². The van der Waals surface area contributed by atoms with Gasteiger partial charge in [0, 0.05) is 23.0 Å². The van der Waals surface area contributed by atoms with Gasteiger partial charge in [0.2, 0.25) is 0 Å². The molecule has 6 aromatic carbocycles. The maximum atomic E-state index is 2.73. The van der Waals surface area contributed by atoms with E-state index in [1.54, 1.807) is 16.8 Å². The van der Waals surface area contributed by atoms with Crippen LogP contribution in [0.25, 0.3) is 50.2 Å². The molecule has 0 radical (unpaired) electrons. The van der Waals surface area contributed by atoms with Crippen LogP contribution in [0, 0.1) is 5.92 Å². The Labute approximate surface area is 338 Å². The van der Waals surface area contributed by atoms with E-state index in [1.165, 1.54) is 91.9 Å². The lowest BCUT2D eigenvalue weighted by atomic mass is 9.80. The van der Waals surface area contributed by atoms with E-state index in [2.05, 4.69) is 194 Å². The molecule has 2 atom stereocenters. The molecule has 10 rings (SSSR count). The van der Waals surface area contributed by atoms with Crippen LogP contribution in [0.2, 0.25) is 0 Å². The lowest BCUT2D eigenvalue weighted by molar-refractivity contribution is 0.648. The molecule has 0 saturated carbocycles. The van der Waals surface area contributed by atoms with Gasteiger partial charge < -0.3 is 4.57 Å². The van der Waals surface area contributed by atoms with Crippen LogP contribution in [0.1, 0.15) is 71.3 Å². The zero-order valence-electron chi connectivity index (χ0n) is 32.9. The smallest absolute Gasteiger partial charge is 0.0464 e. The van der Waals surface area contributed by atoms with Crippen molar-refractivity contribution in [3.63, 3.8) is 0 Å². The summed E-state index contributed by atoms with van der Waals surface area (Å²) >= 11 is 0. The standard InChI is InChI=1S/C56H49N/c1-39-17-16-27-54-53-26-14-15-28-55(53)57(56(54)29-39)52-37-50(48-32-44(40-18-6-2-7-19-40)30-45(33-48)41-20-8-3-9-21-41)36-51(38-52)49-34-46(42-22-10-4-11-23-42)31-47(35-49)43-24-12-5-13-25-43/h2-13,16-25,30-34,36-39,49H,14-15,26-29,35H2,1H3. The summed E-state index contributed by atoms with van der Waals surface area (Å²) in [6, 6.07) is 58.5. The van der Waals surface area contributed by atoms with Crippen LogP contribution in [0.15, 0.2) is 182 Å². The van der Waals surface area contributed by atoms with Gasteiger partial charge in [-0.15, -0.1) is 0 Å². The number of rotatable bonds is 7. The van der Waals surface area contributed by atoms with Gasteiger partial charge in [0.05, 0.1) is 0 Å². The summed E-state index contributed by atoms with van der Waals surface area (Å²) in [6.45, 7) is 2.39. The van der Waals surface area contributed by atoms with Crippen molar-refractivity contribution in [2.45, 2.75) is 57.8 Å². The molecule has 3 aliphatic carbocycles. The maximum Gasteiger partial charge on any atom is 0.0464 e. The van der Waals surface area contributed by atoms with Gasteiger partial charge in [-0.1, -0.05) is 159 Å². The van der Waals surface area contributed by atoms with E-state index in [9.17, 15) is 0 Å². The highest BCUT2D eigenvalue weighted by molar-refractivity contribution is 5.88. The molecule has 0 saturated heterocycles. The fourth-order valence-corrected chi connectivity index (χ4v) is 9.71. The lowest BCUT2D eigenvalue weighted by Crippen LogP contribution is -2.11. The molecule has 0 fully saturated rings. The van der Waals surface area contributed by atoms with E-state index < -0.39 is 0 Å². The molecule has 1 heteroatoms. The minimum Gasteiger partial charge on any atom is -0.317 e. The Bertz CT molecular complexity index is 2580. The van der Waals surface area contributed by atoms with E-state index in [1.807, 2.05) is 0 Å². The summed E-state index contributed by atoms with van der Waals surface area (Å²) in [5, 5.41) is 0. The van der Waals surface area contributed by atoms with Crippen LogP contribution < -0.4 is 0 Å². The quantitative estimate of drug-likeness (QED) is 0.144. The van der Waals surface area contributed by atoms with Gasteiger partial charge in [-0.2, -0.15) is 0 Å². The Hall–Kier alpha value is -6.18. The minimum absolute atomic E-state index is 0.204. The monoisotopic (exact) mass is 735 g/mol. The molecule has 1 aromatic heterocycles. The fraction of sp³-hybridized carbons (Fsp3) is 0.179. The number of benzene rings is 6. The number of allylic oxidation sites excluding steroid dienone is 6. The topological polar surface area (TPSA) is 4.93 Å². The molecular weight excluding hydrogens is 687 g/mol. The summed E-state index contributed by atoms with van der Waals surface area (Å²) in [7, 11) is 0. The molecule has 0 amide bonds. The van der Waals surface area contributed by atoms with Crippen LogP contribution in [0.3, 0.4) is 0 Å². The Morgan fingerprint density at radius 3 is 1.70 bits per heavy atom. The Balaban J connectivity index is 1.21. The van der Waals surface area contributed by atoms with Crippen molar-refractivity contribution in [1.82, 2.24) is 4.57 Å². The van der Waals surface area contributed by atoms with Gasteiger partial charge in [0.25, 0.3) is 0 Å². The second-order valence-electron chi connectivity index (χ2n) is 16.4. The summed E-state index contributed by atoms with van der Waals surface area (Å²) in [6.07, 6.45) is 17.8. The van der Waals surface area contributed by atoms with Crippen molar-refractivity contribution in [2.24, 2.45) is 5.92 Å². The zero-order chi connectivity index (χ0) is 38.1. The number of nitrogens with zero attached hydrogens (tertiary/aromatic N) is 1. The summed E-state index contributed by atoms with van der Waals surface area (Å²) in [5.41, 5.74) is 21.7. The Kier molecular flexibility index (Phi) is 9.52. The van der Waals surface area contributed by atoms with Gasteiger partial charge >= 0.3 is 0 Å². The lowest BCUT2D eigenvalue weighted by Gasteiger charge is -2.26. The van der Waals surface area contributed by atoms with Crippen LogP contribution in [-0.4, -0.2) is 4.57 Å². The van der Waals surface area contributed by atoms with Gasteiger partial charge in [0.15, 0.2) is 0 Å². The zero-order valence-corrected chi connectivity index (χ0v) is 32.9.